The molecule has 1 aromatic carbocycles. The number of carbonyl (C=O) groups is 1. The summed E-state index contributed by atoms with van der Waals surface area (Å²) in [4.78, 5) is 19.6. The molecule has 0 bridgehead atoms. The molecule has 3 heterocycles. The van der Waals surface area contributed by atoms with Crippen LogP contribution in [-0.2, 0) is 22.3 Å². The van der Waals surface area contributed by atoms with E-state index >= 15 is 0 Å². The number of hydrogen-bond donors (Lipinski definition) is 1. The maximum atomic E-state index is 13.0. The number of pyridine rings is 1. The van der Waals surface area contributed by atoms with E-state index in [0.717, 1.165) is 61.3 Å². The number of benzene rings is 1. The lowest BCUT2D eigenvalue weighted by molar-refractivity contribution is -0.169. The molecule has 0 radical (unpaired) electrons. The van der Waals surface area contributed by atoms with Gasteiger partial charge in [0.15, 0.2) is 5.79 Å². The molecule has 2 aliphatic heterocycles. The Morgan fingerprint density at radius 1 is 1.10 bits per heavy atom. The molecule has 0 aliphatic carbocycles. The maximum absolute atomic E-state index is 13.0. The number of nitrogens with zero attached hydrogens (tertiary/aromatic N) is 2. The zero-order chi connectivity index (χ0) is 20.3. The number of ether oxygens (including phenoxy) is 2. The van der Waals surface area contributed by atoms with E-state index in [-0.39, 0.29) is 5.91 Å². The molecule has 0 saturated carbocycles. The molecule has 1 aromatic heterocycles. The fraction of sp³-hybridized carbons (Fsp3) is 0.478. The van der Waals surface area contributed by atoms with Crippen molar-refractivity contribution in [1.82, 2.24) is 4.98 Å². The standard InChI is InChI=1S/C23H29N3O3/c1-3-17-6-5-7-18(4-2)21(17)25-22(27)19-14-20(16-24-15-19)26-10-8-23(9-11-26)28-12-13-29-23/h5-7,14-16H,3-4,8-13H2,1-2H3,(H,25,27). The van der Waals surface area contributed by atoms with Gasteiger partial charge in [0.05, 0.1) is 30.7 Å². The Balaban J connectivity index is 1.49. The third kappa shape index (κ3) is 4.14. The van der Waals surface area contributed by atoms with Crippen LogP contribution in [0, 0.1) is 0 Å². The van der Waals surface area contributed by atoms with Crippen LogP contribution in [0.25, 0.3) is 0 Å². The molecular weight excluding hydrogens is 366 g/mol. The summed E-state index contributed by atoms with van der Waals surface area (Å²) in [6.45, 7) is 7.21. The second-order valence-electron chi connectivity index (χ2n) is 7.64. The number of amides is 1. The third-order valence-corrected chi connectivity index (χ3v) is 5.93. The van der Waals surface area contributed by atoms with Crippen molar-refractivity contribution >= 4 is 17.3 Å². The average Bonchev–Trinajstić information content (AvgIpc) is 3.22. The van der Waals surface area contributed by atoms with Gasteiger partial charge in [0.25, 0.3) is 5.91 Å². The van der Waals surface area contributed by atoms with E-state index in [0.29, 0.717) is 18.8 Å². The molecule has 1 spiro atoms. The van der Waals surface area contributed by atoms with Gasteiger partial charge in [-0.1, -0.05) is 32.0 Å². The number of hydrogen-bond acceptors (Lipinski definition) is 5. The van der Waals surface area contributed by atoms with Crippen molar-refractivity contribution in [1.29, 1.82) is 0 Å². The Morgan fingerprint density at radius 3 is 2.38 bits per heavy atom. The van der Waals surface area contributed by atoms with Crippen LogP contribution in [0.4, 0.5) is 11.4 Å². The fourth-order valence-electron chi connectivity index (χ4n) is 4.21. The van der Waals surface area contributed by atoms with Gasteiger partial charge < -0.3 is 19.7 Å². The number of nitrogens with one attached hydrogen (secondary N) is 1. The van der Waals surface area contributed by atoms with Crippen LogP contribution in [-0.4, -0.2) is 43.0 Å². The molecule has 154 valence electrons. The number of piperidine rings is 1. The molecule has 2 saturated heterocycles. The summed E-state index contributed by atoms with van der Waals surface area (Å²) >= 11 is 0. The van der Waals surface area contributed by atoms with Gasteiger partial charge >= 0.3 is 0 Å². The molecule has 4 rings (SSSR count). The van der Waals surface area contributed by atoms with E-state index in [9.17, 15) is 4.79 Å². The molecule has 6 heteroatoms. The van der Waals surface area contributed by atoms with Crippen LogP contribution < -0.4 is 10.2 Å². The van der Waals surface area contributed by atoms with Crippen molar-refractivity contribution in [3.8, 4) is 0 Å². The van der Waals surface area contributed by atoms with E-state index in [1.807, 2.05) is 12.3 Å². The highest BCUT2D eigenvalue weighted by atomic mass is 16.7. The first-order chi connectivity index (χ1) is 14.1. The number of anilines is 2. The predicted octanol–water partition coefficient (Wildman–Crippen LogP) is 3.80. The van der Waals surface area contributed by atoms with Gasteiger partial charge in [-0.3, -0.25) is 9.78 Å². The SMILES string of the molecule is CCc1cccc(CC)c1NC(=O)c1cncc(N2CCC3(CC2)OCCO3)c1. The minimum atomic E-state index is -0.403. The summed E-state index contributed by atoms with van der Waals surface area (Å²) in [5, 5.41) is 3.13. The van der Waals surface area contributed by atoms with Crippen LogP contribution in [0.3, 0.4) is 0 Å². The highest BCUT2D eigenvalue weighted by molar-refractivity contribution is 6.05. The summed E-state index contributed by atoms with van der Waals surface area (Å²) in [5.74, 6) is -0.523. The largest absolute Gasteiger partial charge is 0.370 e. The smallest absolute Gasteiger partial charge is 0.257 e. The van der Waals surface area contributed by atoms with Crippen molar-refractivity contribution in [2.45, 2.75) is 45.3 Å². The van der Waals surface area contributed by atoms with Gasteiger partial charge in [0.1, 0.15) is 0 Å². The fourth-order valence-corrected chi connectivity index (χ4v) is 4.21. The summed E-state index contributed by atoms with van der Waals surface area (Å²) in [7, 11) is 0. The van der Waals surface area contributed by atoms with Gasteiger partial charge in [-0.25, -0.2) is 0 Å². The number of aryl methyl sites for hydroxylation is 2. The lowest BCUT2D eigenvalue weighted by Gasteiger charge is -2.38. The second kappa shape index (κ2) is 8.51. The number of para-hydroxylation sites is 1. The van der Waals surface area contributed by atoms with Crippen LogP contribution in [0.1, 0.15) is 48.2 Å². The molecule has 0 unspecified atom stereocenters. The Labute approximate surface area is 172 Å². The highest BCUT2D eigenvalue weighted by Gasteiger charge is 2.39. The molecule has 6 nitrogen and oxygen atoms in total. The first-order valence-corrected chi connectivity index (χ1v) is 10.5. The zero-order valence-corrected chi connectivity index (χ0v) is 17.2. The van der Waals surface area contributed by atoms with Gasteiger partial charge in [0.2, 0.25) is 0 Å². The summed E-state index contributed by atoms with van der Waals surface area (Å²) in [6.07, 6.45) is 6.86. The maximum Gasteiger partial charge on any atom is 0.257 e. The zero-order valence-electron chi connectivity index (χ0n) is 17.2. The van der Waals surface area contributed by atoms with Crippen molar-refractivity contribution in [2.75, 3.05) is 36.5 Å². The summed E-state index contributed by atoms with van der Waals surface area (Å²) < 4.78 is 11.6. The van der Waals surface area contributed by atoms with Crippen LogP contribution in [0.15, 0.2) is 36.7 Å². The van der Waals surface area contributed by atoms with Crippen LogP contribution >= 0.6 is 0 Å². The van der Waals surface area contributed by atoms with Gasteiger partial charge in [-0.15, -0.1) is 0 Å². The van der Waals surface area contributed by atoms with E-state index in [1.54, 1.807) is 6.20 Å². The summed E-state index contributed by atoms with van der Waals surface area (Å²) in [5.41, 5.74) is 4.77. The number of aromatic nitrogens is 1. The molecule has 0 atom stereocenters. The molecule has 2 aromatic rings. The van der Waals surface area contributed by atoms with Crippen LogP contribution in [0.5, 0.6) is 0 Å². The number of carbonyl (C=O) groups excluding carboxylic acids is 1. The molecule has 2 fully saturated rings. The highest BCUT2D eigenvalue weighted by Crippen LogP contribution is 2.33. The Kier molecular flexibility index (Phi) is 5.83. The quantitative estimate of drug-likeness (QED) is 0.834. The molecule has 1 N–H and O–H groups in total. The average molecular weight is 396 g/mol. The monoisotopic (exact) mass is 395 g/mol. The van der Waals surface area contributed by atoms with E-state index in [1.165, 1.54) is 0 Å². The van der Waals surface area contributed by atoms with Crippen LogP contribution in [0.2, 0.25) is 0 Å². The van der Waals surface area contributed by atoms with E-state index < -0.39 is 5.79 Å². The van der Waals surface area contributed by atoms with Crippen molar-refractivity contribution < 1.29 is 14.3 Å². The third-order valence-electron chi connectivity index (χ3n) is 5.93. The normalized spacial score (nSPS) is 18.2. The lowest BCUT2D eigenvalue weighted by atomic mass is 10.0. The van der Waals surface area contributed by atoms with Crippen molar-refractivity contribution in [2.24, 2.45) is 0 Å². The summed E-state index contributed by atoms with van der Waals surface area (Å²) in [6, 6.07) is 8.12. The Bertz CT molecular complexity index is 845. The molecule has 1 amide bonds. The van der Waals surface area contributed by atoms with Gasteiger partial charge in [0, 0.05) is 37.8 Å². The van der Waals surface area contributed by atoms with Crippen molar-refractivity contribution in [3.05, 3.63) is 53.3 Å². The Hall–Kier alpha value is -2.44. The minimum Gasteiger partial charge on any atom is -0.370 e. The first-order valence-electron chi connectivity index (χ1n) is 10.5. The number of rotatable bonds is 5. The lowest BCUT2D eigenvalue weighted by Crippen LogP contribution is -2.45. The first kappa shape index (κ1) is 19.9. The Morgan fingerprint density at radius 2 is 1.76 bits per heavy atom. The van der Waals surface area contributed by atoms with Gasteiger partial charge in [-0.05, 0) is 30.0 Å². The molecular formula is C23H29N3O3. The molecule has 29 heavy (non-hydrogen) atoms. The van der Waals surface area contributed by atoms with Gasteiger partial charge in [-0.2, -0.15) is 0 Å². The second-order valence-corrected chi connectivity index (χ2v) is 7.64. The van der Waals surface area contributed by atoms with E-state index in [4.69, 9.17) is 9.47 Å². The van der Waals surface area contributed by atoms with E-state index in [2.05, 4.69) is 47.2 Å². The predicted molar refractivity (Wildman–Crippen MR) is 113 cm³/mol. The molecule has 2 aliphatic rings. The minimum absolute atomic E-state index is 0.120. The van der Waals surface area contributed by atoms with Crippen molar-refractivity contribution in [3.63, 3.8) is 0 Å². The topological polar surface area (TPSA) is 63.7 Å².